The average molecular weight is 374 g/mol. The van der Waals surface area contributed by atoms with Gasteiger partial charge in [0, 0.05) is 5.56 Å². The highest BCUT2D eigenvalue weighted by atomic mass is 19.2. The number of amides is 4. The summed E-state index contributed by atoms with van der Waals surface area (Å²) in [7, 11) is 1.44. The molecule has 1 saturated heterocycles. The molecule has 1 fully saturated rings. The van der Waals surface area contributed by atoms with Crippen molar-refractivity contribution in [2.24, 2.45) is 0 Å². The fraction of sp³-hybridized carbons (Fsp3) is 0.111. The summed E-state index contributed by atoms with van der Waals surface area (Å²) >= 11 is 0. The minimum absolute atomic E-state index is 0.127. The summed E-state index contributed by atoms with van der Waals surface area (Å²) in [6.45, 7) is -0.777. The fourth-order valence-electron chi connectivity index (χ4n) is 2.51. The Hall–Kier alpha value is -3.62. The number of hydrogen-bond donors (Lipinski definition) is 0. The number of benzene rings is 2. The number of hydrogen-bond acceptors (Lipinski definition) is 5. The van der Waals surface area contributed by atoms with Gasteiger partial charge in [0.15, 0.2) is 17.4 Å². The molecule has 0 aliphatic carbocycles. The van der Waals surface area contributed by atoms with E-state index in [1.165, 1.54) is 31.4 Å². The Balaban J connectivity index is 1.83. The number of rotatable bonds is 5. The van der Waals surface area contributed by atoms with Crippen molar-refractivity contribution in [3.8, 4) is 5.75 Å². The molecule has 7 nitrogen and oxygen atoms in total. The lowest BCUT2D eigenvalue weighted by Crippen LogP contribution is -2.37. The van der Waals surface area contributed by atoms with Gasteiger partial charge >= 0.3 is 17.8 Å². The van der Waals surface area contributed by atoms with Gasteiger partial charge < -0.3 is 4.74 Å². The predicted octanol–water partition coefficient (Wildman–Crippen LogP) is 2.15. The van der Waals surface area contributed by atoms with Crippen LogP contribution < -0.4 is 9.64 Å². The van der Waals surface area contributed by atoms with E-state index in [0.717, 1.165) is 12.1 Å². The second-order valence-corrected chi connectivity index (χ2v) is 5.56. The van der Waals surface area contributed by atoms with Crippen LogP contribution in [0.4, 0.5) is 19.3 Å². The largest absolute Gasteiger partial charge is 0.497 e. The summed E-state index contributed by atoms with van der Waals surface area (Å²) in [6.07, 6.45) is 0. The van der Waals surface area contributed by atoms with Crippen molar-refractivity contribution in [1.82, 2.24) is 4.90 Å². The molecule has 0 spiro atoms. The van der Waals surface area contributed by atoms with Gasteiger partial charge in [0.2, 0.25) is 0 Å². The summed E-state index contributed by atoms with van der Waals surface area (Å²) in [5.41, 5.74) is -0.105. The molecule has 0 saturated carbocycles. The number of ketones is 1. The molecule has 1 aliphatic heterocycles. The summed E-state index contributed by atoms with van der Waals surface area (Å²) in [6, 6.07) is 7.23. The number of methoxy groups -OCH3 is 1. The summed E-state index contributed by atoms with van der Waals surface area (Å²) < 4.78 is 31.2. The van der Waals surface area contributed by atoms with Crippen LogP contribution in [0.5, 0.6) is 5.75 Å². The van der Waals surface area contributed by atoms with Crippen LogP contribution in [0.2, 0.25) is 0 Å². The Labute approximate surface area is 151 Å². The Morgan fingerprint density at radius 2 is 1.63 bits per heavy atom. The SMILES string of the molecule is COc1ccc(N2C(=O)C(=O)N(CC(=O)c3ccc(F)c(F)c3)C2=O)cc1. The number of nitrogens with zero attached hydrogens (tertiary/aromatic N) is 2. The molecule has 0 bridgehead atoms. The van der Waals surface area contributed by atoms with E-state index in [1.807, 2.05) is 0 Å². The van der Waals surface area contributed by atoms with Gasteiger partial charge in [-0.2, -0.15) is 0 Å². The maximum Gasteiger partial charge on any atom is 0.339 e. The van der Waals surface area contributed by atoms with E-state index >= 15 is 0 Å². The van der Waals surface area contributed by atoms with Gasteiger partial charge in [0.25, 0.3) is 0 Å². The van der Waals surface area contributed by atoms with Crippen molar-refractivity contribution in [3.05, 3.63) is 59.7 Å². The maximum absolute atomic E-state index is 13.3. The van der Waals surface area contributed by atoms with Gasteiger partial charge in [-0.05, 0) is 42.5 Å². The molecule has 2 aromatic rings. The number of imide groups is 2. The highest BCUT2D eigenvalue weighted by Gasteiger charge is 2.46. The molecule has 9 heteroatoms. The number of carbonyl (C=O) groups is 4. The van der Waals surface area contributed by atoms with Crippen LogP contribution in [0.25, 0.3) is 0 Å². The van der Waals surface area contributed by atoms with Crippen LogP contribution in [0, 0.1) is 11.6 Å². The molecule has 2 aromatic carbocycles. The van der Waals surface area contributed by atoms with E-state index in [4.69, 9.17) is 4.74 Å². The number of urea groups is 1. The monoisotopic (exact) mass is 374 g/mol. The Bertz CT molecular complexity index is 959. The first-order chi connectivity index (χ1) is 12.8. The molecular weight excluding hydrogens is 362 g/mol. The first-order valence-electron chi connectivity index (χ1n) is 7.65. The molecule has 4 amide bonds. The van der Waals surface area contributed by atoms with Crippen molar-refractivity contribution < 1.29 is 32.7 Å². The van der Waals surface area contributed by atoms with Crippen LogP contribution in [-0.4, -0.2) is 42.2 Å². The molecule has 0 unspecified atom stereocenters. The van der Waals surface area contributed by atoms with Gasteiger partial charge in [0.1, 0.15) is 5.75 Å². The van der Waals surface area contributed by atoms with E-state index < -0.39 is 41.8 Å². The molecule has 0 radical (unpaired) electrons. The molecular formula is C18H12F2N2O5. The van der Waals surface area contributed by atoms with Crippen molar-refractivity contribution in [2.75, 3.05) is 18.6 Å². The lowest BCUT2D eigenvalue weighted by atomic mass is 10.1. The fourth-order valence-corrected chi connectivity index (χ4v) is 2.51. The second kappa shape index (κ2) is 6.94. The normalized spacial score (nSPS) is 14.1. The van der Waals surface area contributed by atoms with E-state index in [1.54, 1.807) is 0 Å². The summed E-state index contributed by atoms with van der Waals surface area (Å²) in [4.78, 5) is 50.0. The predicted molar refractivity (Wildman–Crippen MR) is 88.3 cm³/mol. The van der Waals surface area contributed by atoms with E-state index in [2.05, 4.69) is 0 Å². The van der Waals surface area contributed by atoms with Crippen molar-refractivity contribution in [3.63, 3.8) is 0 Å². The third kappa shape index (κ3) is 3.26. The third-order valence-corrected chi connectivity index (χ3v) is 3.93. The van der Waals surface area contributed by atoms with Crippen LogP contribution >= 0.6 is 0 Å². The van der Waals surface area contributed by atoms with E-state index in [9.17, 15) is 28.0 Å². The minimum Gasteiger partial charge on any atom is -0.497 e. The van der Waals surface area contributed by atoms with Crippen LogP contribution in [-0.2, 0) is 9.59 Å². The van der Waals surface area contributed by atoms with Crippen molar-refractivity contribution in [1.29, 1.82) is 0 Å². The number of anilines is 1. The lowest BCUT2D eigenvalue weighted by Gasteiger charge is -2.15. The summed E-state index contributed by atoms with van der Waals surface area (Å²) in [5, 5.41) is 0. The van der Waals surface area contributed by atoms with Crippen LogP contribution in [0.15, 0.2) is 42.5 Å². The van der Waals surface area contributed by atoms with Gasteiger partial charge in [-0.15, -0.1) is 0 Å². The standard InChI is InChI=1S/C18H12F2N2O5/c1-27-12-5-3-11(4-6-12)22-17(25)16(24)21(18(22)26)9-15(23)10-2-7-13(19)14(20)8-10/h2-8H,9H2,1H3. The van der Waals surface area contributed by atoms with Gasteiger partial charge in [-0.25, -0.2) is 23.4 Å². The molecule has 0 aromatic heterocycles. The molecule has 0 N–H and O–H groups in total. The lowest BCUT2D eigenvalue weighted by molar-refractivity contribution is -0.139. The minimum atomic E-state index is -1.24. The smallest absolute Gasteiger partial charge is 0.339 e. The molecule has 27 heavy (non-hydrogen) atoms. The topological polar surface area (TPSA) is 84.0 Å². The summed E-state index contributed by atoms with van der Waals surface area (Å²) in [5.74, 6) is -5.03. The van der Waals surface area contributed by atoms with E-state index in [-0.39, 0.29) is 11.3 Å². The number of Topliss-reactive ketones (excluding diaryl/α,β-unsaturated/α-hetero) is 1. The zero-order chi connectivity index (χ0) is 19.7. The first kappa shape index (κ1) is 18.2. The van der Waals surface area contributed by atoms with Crippen LogP contribution in [0.1, 0.15) is 10.4 Å². The quantitative estimate of drug-likeness (QED) is 0.455. The van der Waals surface area contributed by atoms with Gasteiger partial charge in [-0.3, -0.25) is 14.4 Å². The van der Waals surface area contributed by atoms with Gasteiger partial charge in [0.05, 0.1) is 19.3 Å². The number of ether oxygens (including phenoxy) is 1. The Morgan fingerprint density at radius 3 is 2.22 bits per heavy atom. The second-order valence-electron chi connectivity index (χ2n) is 5.56. The average Bonchev–Trinajstić information content (AvgIpc) is 2.87. The first-order valence-corrected chi connectivity index (χ1v) is 7.65. The molecule has 3 rings (SSSR count). The molecule has 1 aliphatic rings. The molecule has 138 valence electrons. The molecule has 1 heterocycles. The zero-order valence-corrected chi connectivity index (χ0v) is 13.9. The Morgan fingerprint density at radius 1 is 0.963 bits per heavy atom. The van der Waals surface area contributed by atoms with Gasteiger partial charge in [-0.1, -0.05) is 0 Å². The number of halogens is 2. The maximum atomic E-state index is 13.3. The third-order valence-electron chi connectivity index (χ3n) is 3.93. The zero-order valence-electron chi connectivity index (χ0n) is 13.9. The van der Waals surface area contributed by atoms with Crippen LogP contribution in [0.3, 0.4) is 0 Å². The molecule has 0 atom stereocenters. The van der Waals surface area contributed by atoms with E-state index in [0.29, 0.717) is 21.6 Å². The Kier molecular flexibility index (Phi) is 4.68. The van der Waals surface area contributed by atoms with Crippen molar-refractivity contribution in [2.45, 2.75) is 0 Å². The van der Waals surface area contributed by atoms with Crippen molar-refractivity contribution >= 4 is 29.3 Å². The highest BCUT2D eigenvalue weighted by molar-refractivity contribution is 6.53. The number of carbonyl (C=O) groups excluding carboxylic acids is 4. The highest BCUT2D eigenvalue weighted by Crippen LogP contribution is 2.25.